The molecule has 0 radical (unpaired) electrons. The third-order valence-electron chi connectivity index (χ3n) is 2.73. The molecule has 5 heteroatoms. The number of nitrogens with zero attached hydrogens (tertiary/aromatic N) is 1. The van der Waals surface area contributed by atoms with E-state index in [2.05, 4.69) is 26.5 Å². The molecule has 0 heterocycles. The smallest absolute Gasteiger partial charge is 0.277 e. The number of hydrazone groups is 1. The molecule has 0 fully saturated rings. The molecule has 0 atom stereocenters. The number of hydrogen-bond donors (Lipinski definition) is 1. The number of hydrogen-bond acceptors (Lipinski definition) is 3. The molecule has 0 spiro atoms. The molecule has 108 valence electrons. The van der Waals surface area contributed by atoms with Crippen molar-refractivity contribution in [3.8, 4) is 5.75 Å². The number of carbonyl (C=O) groups excluding carboxylic acids is 1. The Labute approximate surface area is 132 Å². The molecule has 0 aliphatic carbocycles. The Bertz CT molecular complexity index is 639. The van der Waals surface area contributed by atoms with Crippen molar-refractivity contribution in [3.05, 3.63) is 64.1 Å². The highest BCUT2D eigenvalue weighted by atomic mass is 79.9. The van der Waals surface area contributed by atoms with E-state index in [1.54, 1.807) is 6.21 Å². The zero-order valence-corrected chi connectivity index (χ0v) is 13.1. The molecule has 0 bridgehead atoms. The fraction of sp³-hybridized carbons (Fsp3) is 0.125. The number of amides is 1. The van der Waals surface area contributed by atoms with Gasteiger partial charge in [0.05, 0.1) is 6.21 Å². The molecule has 1 amide bonds. The van der Waals surface area contributed by atoms with Gasteiger partial charge < -0.3 is 4.74 Å². The largest absolute Gasteiger partial charge is 0.483 e. The first kappa shape index (κ1) is 15.3. The maximum absolute atomic E-state index is 11.6. The van der Waals surface area contributed by atoms with Crippen molar-refractivity contribution in [1.29, 1.82) is 0 Å². The number of carbonyl (C=O) groups is 1. The Morgan fingerprint density at radius 2 is 1.95 bits per heavy atom. The average Bonchev–Trinajstić information content (AvgIpc) is 2.48. The van der Waals surface area contributed by atoms with Gasteiger partial charge in [0.15, 0.2) is 6.61 Å². The van der Waals surface area contributed by atoms with E-state index in [1.165, 1.54) is 0 Å². The summed E-state index contributed by atoms with van der Waals surface area (Å²) in [5.74, 6) is 0.399. The first-order chi connectivity index (χ1) is 10.1. The number of nitrogens with one attached hydrogen (secondary N) is 1. The lowest BCUT2D eigenvalue weighted by molar-refractivity contribution is -0.123. The van der Waals surface area contributed by atoms with E-state index >= 15 is 0 Å². The van der Waals surface area contributed by atoms with Crippen LogP contribution in [0.4, 0.5) is 0 Å². The zero-order chi connectivity index (χ0) is 15.1. The van der Waals surface area contributed by atoms with Crippen LogP contribution in [0.15, 0.2) is 58.1 Å². The van der Waals surface area contributed by atoms with E-state index in [0.717, 1.165) is 15.6 Å². The molecule has 0 saturated heterocycles. The van der Waals surface area contributed by atoms with Gasteiger partial charge in [0, 0.05) is 4.47 Å². The topological polar surface area (TPSA) is 50.7 Å². The number of rotatable bonds is 5. The quantitative estimate of drug-likeness (QED) is 0.667. The van der Waals surface area contributed by atoms with E-state index in [4.69, 9.17) is 4.74 Å². The van der Waals surface area contributed by atoms with Crippen LogP contribution in [0.2, 0.25) is 0 Å². The van der Waals surface area contributed by atoms with Gasteiger partial charge >= 0.3 is 0 Å². The number of halogens is 1. The highest BCUT2D eigenvalue weighted by Gasteiger charge is 2.02. The summed E-state index contributed by atoms with van der Waals surface area (Å²) >= 11 is 3.35. The molecule has 2 rings (SSSR count). The van der Waals surface area contributed by atoms with Gasteiger partial charge in [-0.15, -0.1) is 0 Å². The van der Waals surface area contributed by atoms with Crippen molar-refractivity contribution < 1.29 is 9.53 Å². The lowest BCUT2D eigenvalue weighted by atomic mass is 10.2. The van der Waals surface area contributed by atoms with Crippen molar-refractivity contribution in [2.45, 2.75) is 6.92 Å². The molecule has 21 heavy (non-hydrogen) atoms. The third kappa shape index (κ3) is 5.04. The van der Waals surface area contributed by atoms with Gasteiger partial charge in [0.25, 0.3) is 5.91 Å². The van der Waals surface area contributed by atoms with Crippen molar-refractivity contribution in [1.82, 2.24) is 5.43 Å². The predicted molar refractivity (Wildman–Crippen MR) is 86.6 cm³/mol. The molecule has 4 nitrogen and oxygen atoms in total. The molecule has 2 aromatic rings. The Balaban J connectivity index is 1.80. The van der Waals surface area contributed by atoms with Gasteiger partial charge in [-0.1, -0.05) is 46.3 Å². The first-order valence-electron chi connectivity index (χ1n) is 6.41. The number of para-hydroxylation sites is 1. The molecule has 0 saturated carbocycles. The minimum absolute atomic E-state index is 0.0669. The summed E-state index contributed by atoms with van der Waals surface area (Å²) in [6.45, 7) is 1.86. The summed E-state index contributed by atoms with van der Waals surface area (Å²) < 4.78 is 6.42. The monoisotopic (exact) mass is 346 g/mol. The first-order valence-corrected chi connectivity index (χ1v) is 7.20. The summed E-state index contributed by atoms with van der Waals surface area (Å²) in [6, 6.07) is 15.1. The van der Waals surface area contributed by atoms with E-state index in [-0.39, 0.29) is 12.5 Å². The van der Waals surface area contributed by atoms with Crippen LogP contribution >= 0.6 is 15.9 Å². The van der Waals surface area contributed by atoms with E-state index in [1.807, 2.05) is 55.5 Å². The Hall–Kier alpha value is -2.14. The van der Waals surface area contributed by atoms with Crippen LogP contribution in [0.25, 0.3) is 0 Å². The fourth-order valence-electron chi connectivity index (χ4n) is 1.62. The maximum atomic E-state index is 11.6. The van der Waals surface area contributed by atoms with Crippen molar-refractivity contribution >= 4 is 28.1 Å². The normalized spacial score (nSPS) is 10.6. The zero-order valence-electron chi connectivity index (χ0n) is 11.5. The van der Waals surface area contributed by atoms with Crippen LogP contribution in [0.1, 0.15) is 11.1 Å². The van der Waals surface area contributed by atoms with Crippen molar-refractivity contribution in [2.75, 3.05) is 6.61 Å². The van der Waals surface area contributed by atoms with Gasteiger partial charge in [-0.25, -0.2) is 5.43 Å². The van der Waals surface area contributed by atoms with Crippen LogP contribution in [0, 0.1) is 6.92 Å². The van der Waals surface area contributed by atoms with Crippen molar-refractivity contribution in [3.63, 3.8) is 0 Å². The van der Waals surface area contributed by atoms with Crippen LogP contribution in [0.3, 0.4) is 0 Å². The Morgan fingerprint density at radius 3 is 2.67 bits per heavy atom. The number of aryl methyl sites for hydroxylation is 1. The van der Waals surface area contributed by atoms with E-state index in [0.29, 0.717) is 5.75 Å². The summed E-state index contributed by atoms with van der Waals surface area (Å²) in [5, 5.41) is 3.89. The molecule has 0 unspecified atom stereocenters. The van der Waals surface area contributed by atoms with Gasteiger partial charge in [-0.2, -0.15) is 5.10 Å². The lowest BCUT2D eigenvalue weighted by Crippen LogP contribution is -2.24. The number of benzene rings is 2. The van der Waals surface area contributed by atoms with Gasteiger partial charge in [-0.05, 0) is 36.2 Å². The highest BCUT2D eigenvalue weighted by Crippen LogP contribution is 2.15. The van der Waals surface area contributed by atoms with Gasteiger partial charge in [-0.3, -0.25) is 4.79 Å². The lowest BCUT2D eigenvalue weighted by Gasteiger charge is -2.07. The second-order valence-electron chi connectivity index (χ2n) is 4.40. The molecule has 0 aliphatic rings. The maximum Gasteiger partial charge on any atom is 0.277 e. The second kappa shape index (κ2) is 7.59. The number of ether oxygens (including phenoxy) is 1. The average molecular weight is 347 g/mol. The summed E-state index contributed by atoms with van der Waals surface area (Å²) in [6.07, 6.45) is 1.58. The SMILES string of the molecule is Cc1ccccc1OCC(=O)N/N=C/c1ccc(Br)cc1. The van der Waals surface area contributed by atoms with Crippen LogP contribution in [0.5, 0.6) is 5.75 Å². The molecule has 1 N–H and O–H groups in total. The fourth-order valence-corrected chi connectivity index (χ4v) is 1.89. The van der Waals surface area contributed by atoms with E-state index in [9.17, 15) is 4.79 Å². The van der Waals surface area contributed by atoms with Crippen LogP contribution in [-0.4, -0.2) is 18.7 Å². The minimum Gasteiger partial charge on any atom is -0.483 e. The molecule has 2 aromatic carbocycles. The summed E-state index contributed by atoms with van der Waals surface area (Å²) in [5.41, 5.74) is 4.32. The van der Waals surface area contributed by atoms with Gasteiger partial charge in [0.2, 0.25) is 0 Å². The molecule has 0 aliphatic heterocycles. The molecular formula is C16H15BrN2O2. The highest BCUT2D eigenvalue weighted by molar-refractivity contribution is 9.10. The minimum atomic E-state index is -0.299. The summed E-state index contributed by atoms with van der Waals surface area (Å²) in [4.78, 5) is 11.6. The Morgan fingerprint density at radius 1 is 1.24 bits per heavy atom. The second-order valence-corrected chi connectivity index (χ2v) is 5.31. The van der Waals surface area contributed by atoms with Crippen molar-refractivity contribution in [2.24, 2.45) is 5.10 Å². The molecular weight excluding hydrogens is 332 g/mol. The summed E-state index contributed by atoms with van der Waals surface area (Å²) in [7, 11) is 0. The van der Waals surface area contributed by atoms with Gasteiger partial charge in [0.1, 0.15) is 5.75 Å². The van der Waals surface area contributed by atoms with Crippen LogP contribution < -0.4 is 10.2 Å². The van der Waals surface area contributed by atoms with Crippen LogP contribution in [-0.2, 0) is 4.79 Å². The Kier molecular flexibility index (Phi) is 5.51. The standard InChI is InChI=1S/C16H15BrN2O2/c1-12-4-2-3-5-15(12)21-11-16(20)19-18-10-13-6-8-14(17)9-7-13/h2-10H,11H2,1H3,(H,19,20)/b18-10+. The third-order valence-corrected chi connectivity index (χ3v) is 3.25. The molecule has 0 aromatic heterocycles. The van der Waals surface area contributed by atoms with E-state index < -0.39 is 0 Å². The predicted octanol–water partition coefficient (Wildman–Crippen LogP) is 3.29.